The van der Waals surface area contributed by atoms with Crippen LogP contribution in [0.25, 0.3) is 0 Å². The van der Waals surface area contributed by atoms with Gasteiger partial charge in [-0.15, -0.1) is 0 Å². The SMILES string of the molecule is CN(C(=O)NC1(CC(=O)O)CCCC1)C1CC1. The van der Waals surface area contributed by atoms with Gasteiger partial charge in [-0.05, 0) is 25.7 Å². The fraction of sp³-hybridized carbons (Fsp3) is 0.833. The van der Waals surface area contributed by atoms with E-state index >= 15 is 0 Å². The first-order valence-corrected chi connectivity index (χ1v) is 6.29. The Balaban J connectivity index is 1.96. The molecule has 5 heteroatoms. The molecule has 2 rings (SSSR count). The Labute approximate surface area is 101 Å². The van der Waals surface area contributed by atoms with E-state index in [2.05, 4.69) is 5.32 Å². The summed E-state index contributed by atoms with van der Waals surface area (Å²) in [6.07, 6.45) is 5.73. The van der Waals surface area contributed by atoms with Crippen LogP contribution in [0.3, 0.4) is 0 Å². The molecule has 2 fully saturated rings. The number of carbonyl (C=O) groups is 2. The van der Waals surface area contributed by atoms with Crippen molar-refractivity contribution in [1.82, 2.24) is 10.2 Å². The zero-order valence-corrected chi connectivity index (χ0v) is 10.2. The minimum Gasteiger partial charge on any atom is -0.481 e. The maximum absolute atomic E-state index is 12.0. The molecule has 0 spiro atoms. The number of carbonyl (C=O) groups excluding carboxylic acids is 1. The summed E-state index contributed by atoms with van der Waals surface area (Å²) in [5.74, 6) is -0.832. The Morgan fingerprint density at radius 1 is 1.35 bits per heavy atom. The van der Waals surface area contributed by atoms with E-state index in [0.717, 1.165) is 38.5 Å². The van der Waals surface area contributed by atoms with Crippen molar-refractivity contribution >= 4 is 12.0 Å². The van der Waals surface area contributed by atoms with Crippen molar-refractivity contribution in [2.45, 2.75) is 56.5 Å². The summed E-state index contributed by atoms with van der Waals surface area (Å²) in [5, 5.41) is 11.9. The molecule has 0 aromatic heterocycles. The quantitative estimate of drug-likeness (QED) is 0.783. The van der Waals surface area contributed by atoms with Crippen molar-refractivity contribution < 1.29 is 14.7 Å². The van der Waals surface area contributed by atoms with Crippen molar-refractivity contribution in [1.29, 1.82) is 0 Å². The van der Waals surface area contributed by atoms with Gasteiger partial charge in [0.05, 0.1) is 12.0 Å². The van der Waals surface area contributed by atoms with Crippen LogP contribution in [0.5, 0.6) is 0 Å². The zero-order chi connectivity index (χ0) is 12.5. The molecular weight excluding hydrogens is 220 g/mol. The molecule has 2 aliphatic rings. The summed E-state index contributed by atoms with van der Waals surface area (Å²) in [6.45, 7) is 0. The molecule has 0 aliphatic heterocycles. The lowest BCUT2D eigenvalue weighted by atomic mass is 9.93. The van der Waals surface area contributed by atoms with Gasteiger partial charge in [-0.25, -0.2) is 4.79 Å². The Morgan fingerprint density at radius 3 is 2.41 bits per heavy atom. The fourth-order valence-electron chi connectivity index (χ4n) is 2.63. The standard InChI is InChI=1S/C12H20N2O3/c1-14(9-4-5-9)11(17)13-12(8-10(15)16)6-2-3-7-12/h9H,2-8H2,1H3,(H,13,17)(H,15,16). The molecule has 17 heavy (non-hydrogen) atoms. The highest BCUT2D eigenvalue weighted by molar-refractivity contribution is 5.77. The lowest BCUT2D eigenvalue weighted by Gasteiger charge is -2.31. The van der Waals surface area contributed by atoms with Gasteiger partial charge in [-0.3, -0.25) is 4.79 Å². The van der Waals surface area contributed by atoms with Gasteiger partial charge in [0.1, 0.15) is 0 Å². The number of nitrogens with one attached hydrogen (secondary N) is 1. The van der Waals surface area contributed by atoms with Crippen LogP contribution >= 0.6 is 0 Å². The van der Waals surface area contributed by atoms with Gasteiger partial charge in [-0.2, -0.15) is 0 Å². The molecule has 0 unspecified atom stereocenters. The van der Waals surface area contributed by atoms with Crippen molar-refractivity contribution in [3.05, 3.63) is 0 Å². The van der Waals surface area contributed by atoms with E-state index in [1.165, 1.54) is 0 Å². The Hall–Kier alpha value is -1.26. The van der Waals surface area contributed by atoms with E-state index in [-0.39, 0.29) is 12.5 Å². The topological polar surface area (TPSA) is 69.6 Å². The van der Waals surface area contributed by atoms with Crippen LogP contribution < -0.4 is 5.32 Å². The molecule has 0 radical (unpaired) electrons. The largest absolute Gasteiger partial charge is 0.481 e. The van der Waals surface area contributed by atoms with Crippen LogP contribution in [0.2, 0.25) is 0 Å². The number of nitrogens with zero attached hydrogens (tertiary/aromatic N) is 1. The van der Waals surface area contributed by atoms with Crippen molar-refractivity contribution in [3.8, 4) is 0 Å². The predicted octanol–water partition coefficient (Wildman–Crippen LogP) is 1.58. The van der Waals surface area contributed by atoms with Crippen LogP contribution in [0.4, 0.5) is 4.79 Å². The average molecular weight is 240 g/mol. The maximum atomic E-state index is 12.0. The molecular formula is C12H20N2O3. The van der Waals surface area contributed by atoms with Crippen LogP contribution in [-0.4, -0.2) is 40.6 Å². The second kappa shape index (κ2) is 4.55. The number of rotatable bonds is 4. The molecule has 2 aliphatic carbocycles. The van der Waals surface area contributed by atoms with E-state index in [0.29, 0.717) is 6.04 Å². The highest BCUT2D eigenvalue weighted by Gasteiger charge is 2.39. The first kappa shape index (κ1) is 12.2. The maximum Gasteiger partial charge on any atom is 0.317 e. The van der Waals surface area contributed by atoms with Crippen LogP contribution in [0, 0.1) is 0 Å². The Kier molecular flexibility index (Phi) is 3.26. The molecule has 0 heterocycles. The van der Waals surface area contributed by atoms with E-state index in [4.69, 9.17) is 5.11 Å². The van der Waals surface area contributed by atoms with Gasteiger partial charge in [0.2, 0.25) is 0 Å². The van der Waals surface area contributed by atoms with Crippen LogP contribution in [0.1, 0.15) is 44.9 Å². The second-order valence-electron chi connectivity index (χ2n) is 5.33. The average Bonchev–Trinajstić information content (AvgIpc) is 3.00. The minimum absolute atomic E-state index is 0.0389. The van der Waals surface area contributed by atoms with E-state index in [9.17, 15) is 9.59 Å². The zero-order valence-electron chi connectivity index (χ0n) is 10.2. The number of carboxylic acid groups (broad SMARTS) is 1. The van der Waals surface area contributed by atoms with Crippen molar-refractivity contribution in [3.63, 3.8) is 0 Å². The number of hydrogen-bond donors (Lipinski definition) is 2. The molecule has 0 aromatic carbocycles. The molecule has 0 aromatic rings. The van der Waals surface area contributed by atoms with Gasteiger partial charge in [-0.1, -0.05) is 12.8 Å². The normalized spacial score (nSPS) is 22.2. The number of urea groups is 1. The lowest BCUT2D eigenvalue weighted by molar-refractivity contribution is -0.138. The number of aliphatic carboxylic acids is 1. The lowest BCUT2D eigenvalue weighted by Crippen LogP contribution is -2.52. The van der Waals surface area contributed by atoms with Gasteiger partial charge in [0.25, 0.3) is 0 Å². The third-order valence-corrected chi connectivity index (χ3v) is 3.84. The van der Waals surface area contributed by atoms with E-state index < -0.39 is 11.5 Å². The summed E-state index contributed by atoms with van der Waals surface area (Å²) in [5.41, 5.74) is -0.508. The molecule has 0 atom stereocenters. The minimum atomic E-state index is -0.832. The van der Waals surface area contributed by atoms with Gasteiger partial charge in [0, 0.05) is 13.1 Å². The number of carboxylic acids is 1. The first-order chi connectivity index (χ1) is 8.02. The molecule has 96 valence electrons. The highest BCUT2D eigenvalue weighted by Crippen LogP contribution is 2.33. The smallest absolute Gasteiger partial charge is 0.317 e. The predicted molar refractivity (Wildman–Crippen MR) is 62.8 cm³/mol. The summed E-state index contributed by atoms with van der Waals surface area (Å²) < 4.78 is 0. The van der Waals surface area contributed by atoms with Crippen molar-refractivity contribution in [2.75, 3.05) is 7.05 Å². The Morgan fingerprint density at radius 2 is 1.94 bits per heavy atom. The number of hydrogen-bond acceptors (Lipinski definition) is 2. The monoisotopic (exact) mass is 240 g/mol. The van der Waals surface area contributed by atoms with Crippen molar-refractivity contribution in [2.24, 2.45) is 0 Å². The highest BCUT2D eigenvalue weighted by atomic mass is 16.4. The molecule has 0 bridgehead atoms. The third-order valence-electron chi connectivity index (χ3n) is 3.84. The first-order valence-electron chi connectivity index (χ1n) is 6.29. The Bertz CT molecular complexity index is 320. The summed E-state index contributed by atoms with van der Waals surface area (Å²) in [7, 11) is 1.79. The summed E-state index contributed by atoms with van der Waals surface area (Å²) in [4.78, 5) is 24.6. The molecule has 2 amide bonds. The summed E-state index contributed by atoms with van der Waals surface area (Å²) >= 11 is 0. The van der Waals surface area contributed by atoms with Gasteiger partial charge >= 0.3 is 12.0 Å². The molecule has 2 saturated carbocycles. The van der Waals surface area contributed by atoms with Crippen LogP contribution in [0.15, 0.2) is 0 Å². The molecule has 2 N–H and O–H groups in total. The van der Waals surface area contributed by atoms with E-state index in [1.807, 2.05) is 0 Å². The van der Waals surface area contributed by atoms with Gasteiger partial charge < -0.3 is 15.3 Å². The molecule has 0 saturated heterocycles. The van der Waals surface area contributed by atoms with E-state index in [1.54, 1.807) is 11.9 Å². The second-order valence-corrected chi connectivity index (χ2v) is 5.33. The third kappa shape index (κ3) is 2.90. The summed E-state index contributed by atoms with van der Waals surface area (Å²) in [6, 6.07) is 0.244. The fourth-order valence-corrected chi connectivity index (χ4v) is 2.63. The number of amides is 2. The van der Waals surface area contributed by atoms with Crippen LogP contribution in [-0.2, 0) is 4.79 Å². The van der Waals surface area contributed by atoms with Gasteiger partial charge in [0.15, 0.2) is 0 Å². The molecule has 5 nitrogen and oxygen atoms in total.